The molecule has 0 heterocycles. The Morgan fingerprint density at radius 2 is 1.95 bits per heavy atom. The second-order valence-corrected chi connectivity index (χ2v) is 5.24. The summed E-state index contributed by atoms with van der Waals surface area (Å²) in [7, 11) is 0. The van der Waals surface area contributed by atoms with Gasteiger partial charge in [0.05, 0.1) is 5.75 Å². The van der Waals surface area contributed by atoms with Crippen LogP contribution >= 0.6 is 11.8 Å². The molecular weight excluding hydrogens is 275 g/mol. The Balaban J connectivity index is 1.85. The molecule has 0 aliphatic heterocycles. The molecular formula is C15H15FN2OS. The summed E-state index contributed by atoms with van der Waals surface area (Å²) in [5, 5.41) is 2.66. The van der Waals surface area contributed by atoms with Gasteiger partial charge in [0.15, 0.2) is 0 Å². The van der Waals surface area contributed by atoms with Crippen molar-refractivity contribution in [3.05, 3.63) is 59.9 Å². The molecule has 0 saturated carbocycles. The third-order valence-corrected chi connectivity index (χ3v) is 3.65. The molecule has 0 saturated heterocycles. The molecule has 2 rings (SSSR count). The van der Waals surface area contributed by atoms with Crippen molar-refractivity contribution in [3.8, 4) is 0 Å². The maximum absolute atomic E-state index is 13.0. The van der Waals surface area contributed by atoms with Gasteiger partial charge in [0.1, 0.15) is 5.82 Å². The molecule has 0 radical (unpaired) electrons. The third-order valence-electron chi connectivity index (χ3n) is 2.64. The van der Waals surface area contributed by atoms with Crippen molar-refractivity contribution >= 4 is 23.4 Å². The molecule has 0 aliphatic carbocycles. The van der Waals surface area contributed by atoms with E-state index in [-0.39, 0.29) is 17.5 Å². The number of thioether (sulfide) groups is 1. The molecule has 5 heteroatoms. The molecule has 0 spiro atoms. The molecule has 0 fully saturated rings. The smallest absolute Gasteiger partial charge is 0.234 e. The quantitative estimate of drug-likeness (QED) is 0.832. The van der Waals surface area contributed by atoms with E-state index in [1.165, 1.54) is 23.9 Å². The van der Waals surface area contributed by atoms with Crippen LogP contribution in [0.25, 0.3) is 0 Å². The van der Waals surface area contributed by atoms with E-state index >= 15 is 0 Å². The Hall–Kier alpha value is -1.85. The summed E-state index contributed by atoms with van der Waals surface area (Å²) in [6.45, 7) is 0.505. The lowest BCUT2D eigenvalue weighted by Gasteiger charge is -2.05. The molecule has 2 aromatic rings. The van der Waals surface area contributed by atoms with Crippen molar-refractivity contribution in [2.75, 3.05) is 11.1 Å². The van der Waals surface area contributed by atoms with Gasteiger partial charge >= 0.3 is 0 Å². The molecule has 3 N–H and O–H groups in total. The van der Waals surface area contributed by atoms with E-state index in [0.29, 0.717) is 12.2 Å². The Bertz CT molecular complexity index is 587. The van der Waals surface area contributed by atoms with E-state index in [1.54, 1.807) is 12.1 Å². The lowest BCUT2D eigenvalue weighted by molar-refractivity contribution is -0.113. The highest BCUT2D eigenvalue weighted by molar-refractivity contribution is 8.00. The van der Waals surface area contributed by atoms with Gasteiger partial charge in [-0.15, -0.1) is 11.8 Å². The number of hydrogen-bond acceptors (Lipinski definition) is 3. The number of anilines is 1. The van der Waals surface area contributed by atoms with Gasteiger partial charge in [0.25, 0.3) is 0 Å². The predicted octanol–water partition coefficient (Wildman–Crippen LogP) is 3.02. The van der Waals surface area contributed by atoms with Crippen LogP contribution in [0.15, 0.2) is 53.4 Å². The SMILES string of the molecule is NCc1ccc(SCC(=O)Nc2cccc(F)c2)cc1. The minimum Gasteiger partial charge on any atom is -0.326 e. The fraction of sp³-hybridized carbons (Fsp3) is 0.133. The average molecular weight is 290 g/mol. The van der Waals surface area contributed by atoms with E-state index in [0.717, 1.165) is 10.5 Å². The Morgan fingerprint density at radius 1 is 1.20 bits per heavy atom. The van der Waals surface area contributed by atoms with Crippen LogP contribution in [-0.4, -0.2) is 11.7 Å². The minimum atomic E-state index is -0.368. The van der Waals surface area contributed by atoms with Gasteiger partial charge in [-0.2, -0.15) is 0 Å². The van der Waals surface area contributed by atoms with Gasteiger partial charge in [-0.1, -0.05) is 18.2 Å². The van der Waals surface area contributed by atoms with Crippen molar-refractivity contribution in [1.29, 1.82) is 0 Å². The van der Waals surface area contributed by atoms with E-state index < -0.39 is 0 Å². The molecule has 20 heavy (non-hydrogen) atoms. The normalized spacial score (nSPS) is 10.3. The zero-order chi connectivity index (χ0) is 14.4. The zero-order valence-electron chi connectivity index (χ0n) is 10.8. The maximum Gasteiger partial charge on any atom is 0.234 e. The van der Waals surface area contributed by atoms with E-state index in [9.17, 15) is 9.18 Å². The highest BCUT2D eigenvalue weighted by Gasteiger charge is 2.04. The van der Waals surface area contributed by atoms with Crippen molar-refractivity contribution in [2.45, 2.75) is 11.4 Å². The molecule has 0 bridgehead atoms. The first-order valence-electron chi connectivity index (χ1n) is 6.14. The number of halogens is 1. The fourth-order valence-electron chi connectivity index (χ4n) is 1.63. The summed E-state index contributed by atoms with van der Waals surface area (Å²) < 4.78 is 13.0. The summed E-state index contributed by atoms with van der Waals surface area (Å²) >= 11 is 1.42. The number of carbonyl (C=O) groups is 1. The number of carbonyl (C=O) groups excluding carboxylic acids is 1. The van der Waals surface area contributed by atoms with Gasteiger partial charge in [-0.05, 0) is 35.9 Å². The van der Waals surface area contributed by atoms with Crippen LogP contribution in [0.3, 0.4) is 0 Å². The molecule has 0 unspecified atom stereocenters. The van der Waals surface area contributed by atoms with Crippen LogP contribution in [0.2, 0.25) is 0 Å². The van der Waals surface area contributed by atoms with Gasteiger partial charge in [0.2, 0.25) is 5.91 Å². The molecule has 2 aromatic carbocycles. The number of nitrogens with one attached hydrogen (secondary N) is 1. The number of rotatable bonds is 5. The monoisotopic (exact) mass is 290 g/mol. The standard InChI is InChI=1S/C15H15FN2OS/c16-12-2-1-3-13(8-12)18-15(19)10-20-14-6-4-11(9-17)5-7-14/h1-8H,9-10,17H2,(H,18,19). The maximum atomic E-state index is 13.0. The molecule has 3 nitrogen and oxygen atoms in total. The topological polar surface area (TPSA) is 55.1 Å². The van der Waals surface area contributed by atoms with Crippen molar-refractivity contribution < 1.29 is 9.18 Å². The number of nitrogens with two attached hydrogens (primary N) is 1. The average Bonchev–Trinajstić information content (AvgIpc) is 2.46. The largest absolute Gasteiger partial charge is 0.326 e. The van der Waals surface area contributed by atoms with Crippen molar-refractivity contribution in [3.63, 3.8) is 0 Å². The summed E-state index contributed by atoms with van der Waals surface area (Å²) in [6.07, 6.45) is 0. The number of amides is 1. The summed E-state index contributed by atoms with van der Waals surface area (Å²) in [4.78, 5) is 12.7. The highest BCUT2D eigenvalue weighted by atomic mass is 32.2. The van der Waals surface area contributed by atoms with Crippen LogP contribution < -0.4 is 11.1 Å². The molecule has 1 amide bonds. The third kappa shape index (κ3) is 4.36. The first-order valence-corrected chi connectivity index (χ1v) is 7.13. The van der Waals surface area contributed by atoms with E-state index in [1.807, 2.05) is 24.3 Å². The van der Waals surface area contributed by atoms with Crippen LogP contribution in [0, 0.1) is 5.82 Å². The second-order valence-electron chi connectivity index (χ2n) is 4.20. The van der Waals surface area contributed by atoms with Gasteiger partial charge < -0.3 is 11.1 Å². The first-order chi connectivity index (χ1) is 9.67. The van der Waals surface area contributed by atoms with Crippen LogP contribution in [0.1, 0.15) is 5.56 Å². The zero-order valence-corrected chi connectivity index (χ0v) is 11.6. The Labute approximate surface area is 121 Å². The predicted molar refractivity (Wildman–Crippen MR) is 80.1 cm³/mol. The highest BCUT2D eigenvalue weighted by Crippen LogP contribution is 2.19. The first kappa shape index (κ1) is 14.6. The van der Waals surface area contributed by atoms with Gasteiger partial charge in [-0.3, -0.25) is 4.79 Å². The number of benzene rings is 2. The minimum absolute atomic E-state index is 0.163. The van der Waals surface area contributed by atoms with Gasteiger partial charge in [0, 0.05) is 17.1 Å². The number of hydrogen-bond donors (Lipinski definition) is 2. The lowest BCUT2D eigenvalue weighted by Crippen LogP contribution is -2.14. The lowest BCUT2D eigenvalue weighted by atomic mass is 10.2. The second kappa shape index (κ2) is 7.07. The Morgan fingerprint density at radius 3 is 2.60 bits per heavy atom. The van der Waals surface area contributed by atoms with E-state index in [4.69, 9.17) is 5.73 Å². The van der Waals surface area contributed by atoms with Crippen molar-refractivity contribution in [2.24, 2.45) is 5.73 Å². The van der Waals surface area contributed by atoms with Crippen LogP contribution in [0.4, 0.5) is 10.1 Å². The van der Waals surface area contributed by atoms with Crippen LogP contribution in [-0.2, 0) is 11.3 Å². The molecule has 104 valence electrons. The van der Waals surface area contributed by atoms with E-state index in [2.05, 4.69) is 5.32 Å². The summed E-state index contributed by atoms with van der Waals surface area (Å²) in [5.41, 5.74) is 7.04. The van der Waals surface area contributed by atoms with Crippen LogP contribution in [0.5, 0.6) is 0 Å². The molecule has 0 atom stereocenters. The summed E-state index contributed by atoms with van der Waals surface area (Å²) in [6, 6.07) is 13.6. The fourth-order valence-corrected chi connectivity index (χ4v) is 2.33. The van der Waals surface area contributed by atoms with Crippen molar-refractivity contribution in [1.82, 2.24) is 0 Å². The molecule has 0 aliphatic rings. The van der Waals surface area contributed by atoms with Gasteiger partial charge in [-0.25, -0.2) is 4.39 Å². The molecule has 0 aromatic heterocycles. The Kier molecular flexibility index (Phi) is 5.15. The summed E-state index contributed by atoms with van der Waals surface area (Å²) in [5.74, 6) is -0.255.